The largest absolute Gasteiger partial charge is 0.441 e. The second-order valence-electron chi connectivity index (χ2n) is 3.04. The van der Waals surface area contributed by atoms with E-state index in [1.807, 2.05) is 0 Å². The molecule has 0 fully saturated rings. The summed E-state index contributed by atoms with van der Waals surface area (Å²) < 4.78 is 6.85. The molecule has 1 unspecified atom stereocenters. The lowest BCUT2D eigenvalue weighted by atomic mass is 10.3. The molecule has 0 saturated heterocycles. The lowest BCUT2D eigenvalue weighted by molar-refractivity contribution is -0.389. The predicted molar refractivity (Wildman–Crippen MR) is 45.0 cm³/mol. The fourth-order valence-corrected chi connectivity index (χ4v) is 1.40. The lowest BCUT2D eigenvalue weighted by Gasteiger charge is -2.04. The molecule has 1 aromatic heterocycles. The minimum absolute atomic E-state index is 0.0393. The molecule has 0 aromatic carbocycles. The Morgan fingerprint density at radius 1 is 1.86 bits per heavy atom. The quantitative estimate of drug-likeness (QED) is 0.543. The molecule has 7 heteroatoms. The van der Waals surface area contributed by atoms with E-state index in [9.17, 15) is 10.1 Å². The summed E-state index contributed by atoms with van der Waals surface area (Å²) in [5, 5.41) is 19.0. The minimum Gasteiger partial charge on any atom is -0.441 e. The van der Waals surface area contributed by atoms with E-state index in [4.69, 9.17) is 9.84 Å². The first-order valence-electron chi connectivity index (χ1n) is 4.20. The lowest BCUT2D eigenvalue weighted by Crippen LogP contribution is -2.16. The van der Waals surface area contributed by atoms with Crippen molar-refractivity contribution >= 4 is 5.82 Å². The number of aliphatic hydroxyl groups excluding tert-OH is 1. The summed E-state index contributed by atoms with van der Waals surface area (Å²) >= 11 is 0. The standard InChI is InChI=1S/C7H9N3O4/c11-2-1-5-3-9-4-6(10(12)13)8-7(9)14-5/h4-5,11H,1-3H2. The molecule has 1 aliphatic rings. The number of hydrogen-bond acceptors (Lipinski definition) is 5. The van der Waals surface area contributed by atoms with Crippen molar-refractivity contribution in [1.29, 1.82) is 0 Å². The van der Waals surface area contributed by atoms with E-state index in [-0.39, 0.29) is 24.5 Å². The van der Waals surface area contributed by atoms with E-state index >= 15 is 0 Å². The molecular weight excluding hydrogens is 190 g/mol. The molecule has 0 saturated carbocycles. The van der Waals surface area contributed by atoms with Gasteiger partial charge in [0.1, 0.15) is 12.3 Å². The number of aliphatic hydroxyl groups is 1. The van der Waals surface area contributed by atoms with Gasteiger partial charge in [-0.05, 0) is 4.92 Å². The van der Waals surface area contributed by atoms with Crippen LogP contribution in [0.3, 0.4) is 0 Å². The Morgan fingerprint density at radius 2 is 2.64 bits per heavy atom. The van der Waals surface area contributed by atoms with Crippen molar-refractivity contribution in [3.05, 3.63) is 16.3 Å². The molecule has 0 bridgehead atoms. The zero-order chi connectivity index (χ0) is 10.1. The second kappa shape index (κ2) is 3.26. The fourth-order valence-electron chi connectivity index (χ4n) is 1.40. The van der Waals surface area contributed by atoms with Crippen LogP contribution in [0, 0.1) is 10.1 Å². The van der Waals surface area contributed by atoms with Gasteiger partial charge in [0.05, 0.1) is 6.54 Å². The van der Waals surface area contributed by atoms with Crippen LogP contribution in [0.15, 0.2) is 6.20 Å². The fraction of sp³-hybridized carbons (Fsp3) is 0.571. The van der Waals surface area contributed by atoms with Crippen LogP contribution >= 0.6 is 0 Å². The maximum absolute atomic E-state index is 10.3. The number of rotatable bonds is 3. The number of fused-ring (bicyclic) bond motifs is 1. The molecule has 14 heavy (non-hydrogen) atoms. The van der Waals surface area contributed by atoms with Crippen LogP contribution in [-0.2, 0) is 6.54 Å². The Labute approximate surface area is 79.1 Å². The molecule has 7 nitrogen and oxygen atoms in total. The van der Waals surface area contributed by atoms with Crippen molar-refractivity contribution in [3.63, 3.8) is 0 Å². The maximum atomic E-state index is 10.3. The smallest absolute Gasteiger partial charge is 0.414 e. The Balaban J connectivity index is 2.12. The number of nitrogens with zero attached hydrogens (tertiary/aromatic N) is 3. The van der Waals surface area contributed by atoms with Gasteiger partial charge in [0, 0.05) is 18.0 Å². The van der Waals surface area contributed by atoms with Crippen LogP contribution in [0.25, 0.3) is 0 Å². The summed E-state index contributed by atoms with van der Waals surface area (Å²) in [5.41, 5.74) is 0. The first-order chi connectivity index (χ1) is 6.70. The van der Waals surface area contributed by atoms with E-state index in [2.05, 4.69) is 4.98 Å². The molecule has 1 aromatic rings. The molecule has 1 aliphatic heterocycles. The second-order valence-corrected chi connectivity index (χ2v) is 3.04. The minimum atomic E-state index is -0.560. The zero-order valence-electron chi connectivity index (χ0n) is 7.29. The van der Waals surface area contributed by atoms with Crippen molar-refractivity contribution in [2.75, 3.05) is 6.61 Å². The summed E-state index contributed by atoms with van der Waals surface area (Å²) in [4.78, 5) is 13.5. The molecule has 0 aliphatic carbocycles. The average molecular weight is 199 g/mol. The SMILES string of the molecule is O=[N+]([O-])c1cn2c(n1)OC(CCO)C2. The number of hydrogen-bond donors (Lipinski definition) is 1. The number of imidazole rings is 1. The van der Waals surface area contributed by atoms with Gasteiger partial charge < -0.3 is 20.0 Å². The third kappa shape index (κ3) is 1.41. The van der Waals surface area contributed by atoms with Crippen molar-refractivity contribution in [2.45, 2.75) is 19.1 Å². The third-order valence-corrected chi connectivity index (χ3v) is 2.04. The summed E-state index contributed by atoms with van der Waals surface area (Å²) in [5.74, 6) is -0.206. The first-order valence-corrected chi connectivity index (χ1v) is 4.20. The molecule has 76 valence electrons. The van der Waals surface area contributed by atoms with Gasteiger partial charge in [-0.1, -0.05) is 0 Å². The van der Waals surface area contributed by atoms with Gasteiger partial charge >= 0.3 is 11.8 Å². The van der Waals surface area contributed by atoms with Gasteiger partial charge in [0.25, 0.3) is 0 Å². The van der Waals surface area contributed by atoms with E-state index in [0.29, 0.717) is 13.0 Å². The normalized spacial score (nSPS) is 19.1. The van der Waals surface area contributed by atoms with Gasteiger partial charge in [-0.25, -0.2) is 0 Å². The van der Waals surface area contributed by atoms with E-state index in [1.165, 1.54) is 6.20 Å². The Bertz CT molecular complexity index is 338. The van der Waals surface area contributed by atoms with Gasteiger partial charge in [-0.3, -0.25) is 4.57 Å². The van der Waals surface area contributed by atoms with Gasteiger partial charge in [0.15, 0.2) is 0 Å². The highest BCUT2D eigenvalue weighted by atomic mass is 16.6. The van der Waals surface area contributed by atoms with Gasteiger partial charge in [-0.15, -0.1) is 0 Å². The van der Waals surface area contributed by atoms with Gasteiger partial charge in [0.2, 0.25) is 0 Å². The topological polar surface area (TPSA) is 90.4 Å². The van der Waals surface area contributed by atoms with Crippen molar-refractivity contribution in [3.8, 4) is 6.01 Å². The molecule has 2 rings (SSSR count). The van der Waals surface area contributed by atoms with Crippen LogP contribution in [-0.4, -0.2) is 32.3 Å². The Kier molecular flexibility index (Phi) is 2.08. The highest BCUT2D eigenvalue weighted by Crippen LogP contribution is 2.25. The number of aromatic nitrogens is 2. The molecular formula is C7H9N3O4. The van der Waals surface area contributed by atoms with Crippen molar-refractivity contribution < 1.29 is 14.8 Å². The summed E-state index contributed by atoms with van der Waals surface area (Å²) in [6.07, 6.45) is 1.73. The Morgan fingerprint density at radius 3 is 3.21 bits per heavy atom. The van der Waals surface area contributed by atoms with Crippen LogP contribution in [0.2, 0.25) is 0 Å². The van der Waals surface area contributed by atoms with E-state index in [0.717, 1.165) is 0 Å². The number of ether oxygens (including phenoxy) is 1. The predicted octanol–water partition coefficient (Wildman–Crippen LogP) is -0.0653. The summed E-state index contributed by atoms with van der Waals surface area (Å²) in [7, 11) is 0. The third-order valence-electron chi connectivity index (χ3n) is 2.04. The van der Waals surface area contributed by atoms with Crippen LogP contribution in [0.4, 0.5) is 5.82 Å². The van der Waals surface area contributed by atoms with E-state index < -0.39 is 4.92 Å². The zero-order valence-corrected chi connectivity index (χ0v) is 7.29. The van der Waals surface area contributed by atoms with Crippen molar-refractivity contribution in [1.82, 2.24) is 9.55 Å². The molecule has 0 spiro atoms. The average Bonchev–Trinajstić information content (AvgIpc) is 2.61. The monoisotopic (exact) mass is 199 g/mol. The summed E-state index contributed by atoms with van der Waals surface area (Å²) in [6, 6.07) is 0.259. The summed E-state index contributed by atoms with van der Waals surface area (Å²) in [6.45, 7) is 0.550. The molecule has 0 amide bonds. The van der Waals surface area contributed by atoms with Gasteiger partial charge in [-0.2, -0.15) is 0 Å². The van der Waals surface area contributed by atoms with Crippen LogP contribution in [0.1, 0.15) is 6.42 Å². The Hall–Kier alpha value is -1.63. The van der Waals surface area contributed by atoms with E-state index in [1.54, 1.807) is 4.57 Å². The molecule has 2 heterocycles. The maximum Gasteiger partial charge on any atom is 0.414 e. The molecule has 0 radical (unpaired) electrons. The highest BCUT2D eigenvalue weighted by molar-refractivity contribution is 5.22. The number of nitro groups is 1. The first kappa shape index (κ1) is 8.95. The van der Waals surface area contributed by atoms with Crippen LogP contribution < -0.4 is 4.74 Å². The molecule has 1 N–H and O–H groups in total. The van der Waals surface area contributed by atoms with Crippen molar-refractivity contribution in [2.24, 2.45) is 0 Å². The molecule has 1 atom stereocenters. The van der Waals surface area contributed by atoms with Crippen LogP contribution in [0.5, 0.6) is 6.01 Å². The highest BCUT2D eigenvalue weighted by Gasteiger charge is 2.30.